The van der Waals surface area contributed by atoms with Gasteiger partial charge in [-0.2, -0.15) is 9.97 Å². The van der Waals surface area contributed by atoms with E-state index in [9.17, 15) is 14.5 Å². The highest BCUT2D eigenvalue weighted by Crippen LogP contribution is 2.31. The number of nitro groups is 1. The molecule has 0 aliphatic carbocycles. The van der Waals surface area contributed by atoms with E-state index in [0.29, 0.717) is 18.8 Å². The Morgan fingerprint density at radius 3 is 2.96 bits per heavy atom. The number of anilines is 4. The van der Waals surface area contributed by atoms with Crippen molar-refractivity contribution in [2.75, 3.05) is 29.5 Å². The molecule has 1 aliphatic heterocycles. The van der Waals surface area contributed by atoms with Crippen LogP contribution in [0, 0.1) is 15.9 Å². The number of nitrogens with zero attached hydrogens (tertiary/aromatic N) is 3. The van der Waals surface area contributed by atoms with E-state index in [1.807, 2.05) is 0 Å². The van der Waals surface area contributed by atoms with Crippen molar-refractivity contribution in [2.45, 2.75) is 18.9 Å². The van der Waals surface area contributed by atoms with Gasteiger partial charge in [0.2, 0.25) is 17.6 Å². The summed E-state index contributed by atoms with van der Waals surface area (Å²) in [5.41, 5.74) is 5.56. The lowest BCUT2D eigenvalue weighted by molar-refractivity contribution is -0.383. The summed E-state index contributed by atoms with van der Waals surface area (Å²) in [5.74, 6) is -0.740. The molecule has 25 heavy (non-hydrogen) atoms. The third kappa shape index (κ3) is 4.10. The predicted molar refractivity (Wildman–Crippen MR) is 90.2 cm³/mol. The number of hydrogen-bond acceptors (Lipinski definition) is 8. The second-order valence-corrected chi connectivity index (χ2v) is 5.54. The molecule has 0 bridgehead atoms. The van der Waals surface area contributed by atoms with Gasteiger partial charge in [0.05, 0.1) is 11.0 Å². The lowest BCUT2D eigenvalue weighted by atomic mass is 10.2. The molecule has 0 amide bonds. The molecule has 1 aromatic carbocycles. The lowest BCUT2D eigenvalue weighted by Crippen LogP contribution is -2.20. The van der Waals surface area contributed by atoms with Crippen molar-refractivity contribution in [3.63, 3.8) is 0 Å². The van der Waals surface area contributed by atoms with E-state index in [0.717, 1.165) is 12.8 Å². The van der Waals surface area contributed by atoms with Crippen LogP contribution in [0.5, 0.6) is 0 Å². The monoisotopic (exact) mass is 348 g/mol. The molecule has 1 aliphatic rings. The predicted octanol–water partition coefficient (Wildman–Crippen LogP) is 2.44. The molecule has 1 atom stereocenters. The maximum atomic E-state index is 13.3. The molecule has 10 heteroatoms. The number of nitrogen functional groups attached to an aromatic ring is 1. The maximum Gasteiger partial charge on any atom is 0.353 e. The fourth-order valence-corrected chi connectivity index (χ4v) is 2.53. The van der Waals surface area contributed by atoms with Gasteiger partial charge in [-0.05, 0) is 31.0 Å². The standard InChI is InChI=1S/C15H17FN6O3/c16-9-3-1-4-10(7-9)19-14-12(22(23)24)13(17)20-15(21-14)18-8-11-5-2-6-25-11/h1,3-4,7,11H,2,5-6,8H2,(H4,17,18,19,20,21)/t11-/m0/s1. The highest BCUT2D eigenvalue weighted by atomic mass is 19.1. The fourth-order valence-electron chi connectivity index (χ4n) is 2.53. The van der Waals surface area contributed by atoms with Gasteiger partial charge in [0, 0.05) is 18.8 Å². The Kier molecular flexibility index (Phi) is 4.89. The van der Waals surface area contributed by atoms with Crippen LogP contribution in [-0.2, 0) is 4.74 Å². The minimum absolute atomic E-state index is 0.0413. The number of benzene rings is 1. The van der Waals surface area contributed by atoms with Crippen molar-refractivity contribution in [3.05, 3.63) is 40.2 Å². The van der Waals surface area contributed by atoms with Crippen LogP contribution >= 0.6 is 0 Å². The van der Waals surface area contributed by atoms with E-state index >= 15 is 0 Å². The molecular formula is C15H17FN6O3. The molecule has 2 heterocycles. The quantitative estimate of drug-likeness (QED) is 0.536. The number of nitrogens with two attached hydrogens (primary N) is 1. The van der Waals surface area contributed by atoms with Gasteiger partial charge in [0.15, 0.2) is 0 Å². The van der Waals surface area contributed by atoms with Crippen molar-refractivity contribution in [3.8, 4) is 0 Å². The zero-order valence-corrected chi connectivity index (χ0v) is 13.2. The zero-order chi connectivity index (χ0) is 17.8. The third-order valence-corrected chi connectivity index (χ3v) is 3.69. The molecule has 3 rings (SSSR count). The molecule has 0 radical (unpaired) electrons. The Bertz CT molecular complexity index is 782. The van der Waals surface area contributed by atoms with E-state index in [1.54, 1.807) is 6.07 Å². The summed E-state index contributed by atoms with van der Waals surface area (Å²) in [5, 5.41) is 17.0. The van der Waals surface area contributed by atoms with Crippen LogP contribution in [0.2, 0.25) is 0 Å². The van der Waals surface area contributed by atoms with E-state index in [1.165, 1.54) is 18.2 Å². The molecule has 9 nitrogen and oxygen atoms in total. The molecule has 0 spiro atoms. The molecule has 2 aromatic rings. The number of rotatable bonds is 6. The van der Waals surface area contributed by atoms with Crippen LogP contribution < -0.4 is 16.4 Å². The molecule has 1 saturated heterocycles. The average Bonchev–Trinajstić information content (AvgIpc) is 3.05. The SMILES string of the molecule is Nc1nc(NC[C@@H]2CCCO2)nc(Nc2cccc(F)c2)c1[N+](=O)[O-]. The topological polar surface area (TPSA) is 128 Å². The minimum Gasteiger partial charge on any atom is -0.378 e. The first-order valence-electron chi connectivity index (χ1n) is 7.73. The van der Waals surface area contributed by atoms with Crippen LogP contribution in [-0.4, -0.2) is 34.1 Å². The summed E-state index contributed by atoms with van der Waals surface area (Å²) in [4.78, 5) is 18.6. The highest BCUT2D eigenvalue weighted by molar-refractivity contribution is 5.74. The van der Waals surface area contributed by atoms with Gasteiger partial charge in [0.25, 0.3) is 0 Å². The number of aromatic nitrogens is 2. The van der Waals surface area contributed by atoms with Gasteiger partial charge in [0.1, 0.15) is 5.82 Å². The Labute approximate surface area is 142 Å². The van der Waals surface area contributed by atoms with E-state index < -0.39 is 16.4 Å². The van der Waals surface area contributed by atoms with Crippen LogP contribution in [0.15, 0.2) is 24.3 Å². The van der Waals surface area contributed by atoms with Crippen LogP contribution in [0.3, 0.4) is 0 Å². The summed E-state index contributed by atoms with van der Waals surface area (Å²) < 4.78 is 18.8. The molecule has 0 unspecified atom stereocenters. The summed E-state index contributed by atoms with van der Waals surface area (Å²) in [6.07, 6.45) is 1.95. The Morgan fingerprint density at radius 2 is 2.28 bits per heavy atom. The average molecular weight is 348 g/mol. The first-order chi connectivity index (χ1) is 12.0. The molecule has 0 saturated carbocycles. The number of ether oxygens (including phenoxy) is 1. The largest absolute Gasteiger partial charge is 0.378 e. The van der Waals surface area contributed by atoms with Crippen molar-refractivity contribution in [2.24, 2.45) is 0 Å². The third-order valence-electron chi connectivity index (χ3n) is 3.69. The van der Waals surface area contributed by atoms with Crippen LogP contribution in [0.1, 0.15) is 12.8 Å². The molecule has 4 N–H and O–H groups in total. The molecule has 1 fully saturated rings. The van der Waals surface area contributed by atoms with Crippen molar-refractivity contribution in [1.29, 1.82) is 0 Å². The maximum absolute atomic E-state index is 13.3. The molecular weight excluding hydrogens is 331 g/mol. The molecule has 1 aromatic heterocycles. The minimum atomic E-state index is -0.680. The van der Waals surface area contributed by atoms with Crippen molar-refractivity contribution < 1.29 is 14.1 Å². The highest BCUT2D eigenvalue weighted by Gasteiger charge is 2.24. The Balaban J connectivity index is 1.86. The van der Waals surface area contributed by atoms with Crippen LogP contribution in [0.25, 0.3) is 0 Å². The van der Waals surface area contributed by atoms with Gasteiger partial charge in [-0.25, -0.2) is 4.39 Å². The van der Waals surface area contributed by atoms with Crippen molar-refractivity contribution >= 4 is 29.0 Å². The van der Waals surface area contributed by atoms with E-state index in [4.69, 9.17) is 10.5 Å². The number of hydrogen-bond donors (Lipinski definition) is 3. The number of halogens is 1. The van der Waals surface area contributed by atoms with E-state index in [2.05, 4.69) is 20.6 Å². The summed E-state index contributed by atoms with van der Waals surface area (Å²) in [6.45, 7) is 1.18. The molecule has 132 valence electrons. The fraction of sp³-hybridized carbons (Fsp3) is 0.333. The van der Waals surface area contributed by atoms with E-state index in [-0.39, 0.29) is 23.7 Å². The summed E-state index contributed by atoms with van der Waals surface area (Å²) in [7, 11) is 0. The lowest BCUT2D eigenvalue weighted by Gasteiger charge is -2.13. The Hall–Kier alpha value is -3.01. The second kappa shape index (κ2) is 7.26. The first kappa shape index (κ1) is 16.8. The Morgan fingerprint density at radius 1 is 1.44 bits per heavy atom. The van der Waals surface area contributed by atoms with Gasteiger partial charge in [-0.1, -0.05) is 6.07 Å². The second-order valence-electron chi connectivity index (χ2n) is 5.54. The normalized spacial score (nSPS) is 16.6. The van der Waals surface area contributed by atoms with Gasteiger partial charge < -0.3 is 21.1 Å². The smallest absolute Gasteiger partial charge is 0.353 e. The van der Waals surface area contributed by atoms with Gasteiger partial charge in [-0.3, -0.25) is 10.1 Å². The first-order valence-corrected chi connectivity index (χ1v) is 7.73. The summed E-state index contributed by atoms with van der Waals surface area (Å²) in [6, 6.07) is 5.50. The summed E-state index contributed by atoms with van der Waals surface area (Å²) >= 11 is 0. The zero-order valence-electron chi connectivity index (χ0n) is 13.2. The van der Waals surface area contributed by atoms with Crippen molar-refractivity contribution in [1.82, 2.24) is 9.97 Å². The van der Waals surface area contributed by atoms with Gasteiger partial charge in [-0.15, -0.1) is 0 Å². The van der Waals surface area contributed by atoms with Crippen LogP contribution in [0.4, 0.5) is 33.3 Å². The number of nitrogens with one attached hydrogen (secondary N) is 2. The van der Waals surface area contributed by atoms with Gasteiger partial charge >= 0.3 is 5.69 Å².